The summed E-state index contributed by atoms with van der Waals surface area (Å²) >= 11 is 0. The lowest BCUT2D eigenvalue weighted by Gasteiger charge is -2.08. The van der Waals surface area contributed by atoms with Crippen LogP contribution in [0.4, 0.5) is 0 Å². The second-order valence-electron chi connectivity index (χ2n) is 4.21. The molecule has 94 valence electrons. The monoisotopic (exact) mass is 252 g/mol. The zero-order chi connectivity index (χ0) is 13.2. The molecule has 0 bridgehead atoms. The Morgan fingerprint density at radius 2 is 1.79 bits per heavy atom. The highest BCUT2D eigenvalue weighted by molar-refractivity contribution is 5.85. The number of hydrogen-bond donors (Lipinski definition) is 1. The van der Waals surface area contributed by atoms with E-state index in [1.54, 1.807) is 31.3 Å². The van der Waals surface area contributed by atoms with Gasteiger partial charge in [0.05, 0.1) is 0 Å². The average Bonchev–Trinajstić information content (AvgIpc) is 2.40. The first-order valence-corrected chi connectivity index (χ1v) is 5.91. The fraction of sp³-hybridized carbons (Fsp3) is 0.0667. The maximum Gasteiger partial charge on any atom is 0.222 e. The van der Waals surface area contributed by atoms with Gasteiger partial charge in [-0.25, -0.2) is 4.98 Å². The van der Waals surface area contributed by atoms with E-state index in [1.165, 1.54) is 0 Å². The summed E-state index contributed by atoms with van der Waals surface area (Å²) in [6.07, 6.45) is 1.62. The Morgan fingerprint density at radius 3 is 2.53 bits per heavy atom. The molecule has 0 aliphatic rings. The molecule has 1 aromatic heterocycles. The molecule has 0 saturated carbocycles. The van der Waals surface area contributed by atoms with Crippen LogP contribution in [0.5, 0.6) is 17.4 Å². The molecule has 1 heterocycles. The predicted molar refractivity (Wildman–Crippen MR) is 72.5 cm³/mol. The van der Waals surface area contributed by atoms with Gasteiger partial charge in [0.2, 0.25) is 5.88 Å². The number of phenolic OH excluding ortho intramolecular Hbond substituents is 1. The molecule has 4 heteroatoms. The van der Waals surface area contributed by atoms with Gasteiger partial charge in [0.25, 0.3) is 0 Å². The van der Waals surface area contributed by atoms with Crippen molar-refractivity contribution >= 4 is 10.8 Å². The van der Waals surface area contributed by atoms with Gasteiger partial charge in [-0.3, -0.25) is 0 Å². The third kappa shape index (κ3) is 2.33. The van der Waals surface area contributed by atoms with Crippen LogP contribution in [0.25, 0.3) is 10.8 Å². The number of aromatic nitrogens is 2. The molecule has 2 aromatic carbocycles. The summed E-state index contributed by atoms with van der Waals surface area (Å²) in [6, 6.07) is 12.9. The largest absolute Gasteiger partial charge is 0.504 e. The standard InChI is InChI=1S/C15H12N2O2/c1-10-16-7-6-15(17-10)19-14-9-12-5-3-2-4-11(12)8-13(14)18/h2-9,18H,1H3. The highest BCUT2D eigenvalue weighted by atomic mass is 16.5. The minimum Gasteiger partial charge on any atom is -0.504 e. The van der Waals surface area contributed by atoms with E-state index in [0.717, 1.165) is 10.8 Å². The molecule has 4 nitrogen and oxygen atoms in total. The van der Waals surface area contributed by atoms with Gasteiger partial charge in [-0.1, -0.05) is 24.3 Å². The number of fused-ring (bicyclic) bond motifs is 1. The van der Waals surface area contributed by atoms with Crippen molar-refractivity contribution in [2.75, 3.05) is 0 Å². The molecule has 0 atom stereocenters. The predicted octanol–water partition coefficient (Wildman–Crippen LogP) is 3.44. The molecular weight excluding hydrogens is 240 g/mol. The van der Waals surface area contributed by atoms with Crippen molar-refractivity contribution in [3.05, 3.63) is 54.5 Å². The number of ether oxygens (including phenoxy) is 1. The van der Waals surface area contributed by atoms with Crippen molar-refractivity contribution in [2.45, 2.75) is 6.92 Å². The smallest absolute Gasteiger partial charge is 0.222 e. The van der Waals surface area contributed by atoms with Crippen LogP contribution in [0, 0.1) is 6.92 Å². The lowest BCUT2D eigenvalue weighted by molar-refractivity contribution is 0.402. The second kappa shape index (κ2) is 4.57. The van der Waals surface area contributed by atoms with Gasteiger partial charge >= 0.3 is 0 Å². The molecular formula is C15H12N2O2. The number of nitrogens with zero attached hydrogens (tertiary/aromatic N) is 2. The second-order valence-corrected chi connectivity index (χ2v) is 4.21. The minimum atomic E-state index is 0.0926. The van der Waals surface area contributed by atoms with Crippen LogP contribution in [-0.2, 0) is 0 Å². The normalized spacial score (nSPS) is 10.6. The van der Waals surface area contributed by atoms with Gasteiger partial charge in [-0.05, 0) is 29.8 Å². The summed E-state index contributed by atoms with van der Waals surface area (Å²) in [4.78, 5) is 8.15. The summed E-state index contributed by atoms with van der Waals surface area (Å²) in [6.45, 7) is 1.78. The first kappa shape index (κ1) is 11.5. The summed E-state index contributed by atoms with van der Waals surface area (Å²) in [5, 5.41) is 11.9. The lowest BCUT2D eigenvalue weighted by Crippen LogP contribution is -1.92. The number of rotatable bonds is 2. The molecule has 3 rings (SSSR count). The molecule has 3 aromatic rings. The van der Waals surface area contributed by atoms with Crippen LogP contribution in [0.3, 0.4) is 0 Å². The van der Waals surface area contributed by atoms with E-state index >= 15 is 0 Å². The fourth-order valence-electron chi connectivity index (χ4n) is 1.89. The van der Waals surface area contributed by atoms with Gasteiger partial charge in [0.1, 0.15) is 5.82 Å². The number of benzene rings is 2. The van der Waals surface area contributed by atoms with Crippen LogP contribution in [0.15, 0.2) is 48.7 Å². The van der Waals surface area contributed by atoms with E-state index in [1.807, 2.05) is 24.3 Å². The zero-order valence-corrected chi connectivity index (χ0v) is 10.4. The first-order chi connectivity index (χ1) is 9.22. The third-order valence-corrected chi connectivity index (χ3v) is 2.79. The van der Waals surface area contributed by atoms with E-state index in [2.05, 4.69) is 9.97 Å². The van der Waals surface area contributed by atoms with Crippen molar-refractivity contribution in [3.8, 4) is 17.4 Å². The van der Waals surface area contributed by atoms with Crippen LogP contribution >= 0.6 is 0 Å². The summed E-state index contributed by atoms with van der Waals surface area (Å²) < 4.78 is 5.60. The maximum atomic E-state index is 9.97. The van der Waals surface area contributed by atoms with Gasteiger partial charge < -0.3 is 9.84 Å². The average molecular weight is 252 g/mol. The SMILES string of the molecule is Cc1nccc(Oc2cc3ccccc3cc2O)n1. The molecule has 19 heavy (non-hydrogen) atoms. The first-order valence-electron chi connectivity index (χ1n) is 5.91. The molecule has 1 N–H and O–H groups in total. The number of phenols is 1. The Hall–Kier alpha value is -2.62. The van der Waals surface area contributed by atoms with E-state index in [9.17, 15) is 5.11 Å². The molecule has 0 spiro atoms. The van der Waals surface area contributed by atoms with Gasteiger partial charge in [0.15, 0.2) is 11.5 Å². The fourth-order valence-corrected chi connectivity index (χ4v) is 1.89. The minimum absolute atomic E-state index is 0.0926. The van der Waals surface area contributed by atoms with Crippen molar-refractivity contribution in [1.82, 2.24) is 9.97 Å². The highest BCUT2D eigenvalue weighted by Gasteiger charge is 2.07. The lowest BCUT2D eigenvalue weighted by atomic mass is 10.1. The number of aryl methyl sites for hydroxylation is 1. The Labute approximate surface area is 110 Å². The summed E-state index contributed by atoms with van der Waals surface area (Å²) in [5.41, 5.74) is 0. The van der Waals surface area contributed by atoms with Crippen LogP contribution in [0.1, 0.15) is 5.82 Å². The molecule has 0 unspecified atom stereocenters. The van der Waals surface area contributed by atoms with E-state index in [0.29, 0.717) is 17.5 Å². The van der Waals surface area contributed by atoms with Crippen LogP contribution < -0.4 is 4.74 Å². The molecule has 0 radical (unpaired) electrons. The van der Waals surface area contributed by atoms with Crippen molar-refractivity contribution in [1.29, 1.82) is 0 Å². The number of hydrogen-bond acceptors (Lipinski definition) is 4. The van der Waals surface area contributed by atoms with E-state index in [-0.39, 0.29) is 5.75 Å². The third-order valence-electron chi connectivity index (χ3n) is 2.79. The topological polar surface area (TPSA) is 55.2 Å². The van der Waals surface area contributed by atoms with Crippen LogP contribution in [0.2, 0.25) is 0 Å². The molecule has 0 aliphatic heterocycles. The van der Waals surface area contributed by atoms with Gasteiger partial charge in [0, 0.05) is 12.3 Å². The molecule has 0 aliphatic carbocycles. The van der Waals surface area contributed by atoms with E-state index in [4.69, 9.17) is 4.74 Å². The van der Waals surface area contributed by atoms with Crippen molar-refractivity contribution in [2.24, 2.45) is 0 Å². The Balaban J connectivity index is 2.03. The summed E-state index contributed by atoms with van der Waals surface area (Å²) in [7, 11) is 0. The molecule has 0 amide bonds. The highest BCUT2D eigenvalue weighted by Crippen LogP contribution is 2.33. The Kier molecular flexibility index (Phi) is 2.76. The maximum absolute atomic E-state index is 9.97. The number of aromatic hydroxyl groups is 1. The van der Waals surface area contributed by atoms with Crippen molar-refractivity contribution < 1.29 is 9.84 Å². The van der Waals surface area contributed by atoms with Gasteiger partial charge in [-0.15, -0.1) is 0 Å². The van der Waals surface area contributed by atoms with E-state index < -0.39 is 0 Å². The molecule has 0 fully saturated rings. The molecule has 0 saturated heterocycles. The quantitative estimate of drug-likeness (QED) is 0.759. The zero-order valence-electron chi connectivity index (χ0n) is 10.4. The van der Waals surface area contributed by atoms with Crippen molar-refractivity contribution in [3.63, 3.8) is 0 Å². The van der Waals surface area contributed by atoms with Crippen LogP contribution in [-0.4, -0.2) is 15.1 Å². The summed E-state index contributed by atoms with van der Waals surface area (Å²) in [5.74, 6) is 1.52. The Bertz CT molecular complexity index is 741. The Morgan fingerprint density at radius 1 is 1.05 bits per heavy atom. The van der Waals surface area contributed by atoms with Gasteiger partial charge in [-0.2, -0.15) is 4.98 Å².